The molecule has 0 heterocycles. The lowest BCUT2D eigenvalue weighted by atomic mass is 10.2. The first-order chi connectivity index (χ1) is 15.2. The maximum absolute atomic E-state index is 13.4. The molecule has 10 heteroatoms. The Labute approximate surface area is 185 Å². The van der Waals surface area contributed by atoms with E-state index in [1.165, 1.54) is 43.5 Å². The highest BCUT2D eigenvalue weighted by Gasteiger charge is 2.28. The van der Waals surface area contributed by atoms with Crippen molar-refractivity contribution >= 4 is 33.0 Å². The maximum atomic E-state index is 13.4. The molecule has 0 atom stereocenters. The fourth-order valence-corrected chi connectivity index (χ4v) is 4.58. The number of rotatable bonds is 8. The smallest absolute Gasteiger partial charge is 0.271 e. The number of nitro benzene ring substituents is 1. The number of sulfonamides is 1. The topological polar surface area (TPSA) is 119 Å². The Balaban J connectivity index is 1.93. The van der Waals surface area contributed by atoms with Gasteiger partial charge in [-0.1, -0.05) is 24.3 Å². The van der Waals surface area contributed by atoms with Crippen LogP contribution < -0.4 is 14.4 Å². The Hall–Kier alpha value is -3.92. The van der Waals surface area contributed by atoms with E-state index < -0.39 is 27.4 Å². The average molecular weight is 455 g/mol. The van der Waals surface area contributed by atoms with Crippen LogP contribution in [0.15, 0.2) is 77.7 Å². The SMILES string of the molecule is COc1ccc(S(=O)(=O)N(CC(=O)Nc2cccc([N+](=O)[O-])c2)c2ccccc2)cc1C. The second-order valence-corrected chi connectivity index (χ2v) is 8.70. The first kappa shape index (κ1) is 22.8. The van der Waals surface area contributed by atoms with Crippen LogP contribution in [0.2, 0.25) is 0 Å². The quantitative estimate of drug-likeness (QED) is 0.408. The number of anilines is 2. The van der Waals surface area contributed by atoms with Gasteiger partial charge in [0.15, 0.2) is 0 Å². The summed E-state index contributed by atoms with van der Waals surface area (Å²) < 4.78 is 33.0. The van der Waals surface area contributed by atoms with Gasteiger partial charge in [-0.25, -0.2) is 8.42 Å². The van der Waals surface area contributed by atoms with Crippen LogP contribution in [-0.2, 0) is 14.8 Å². The Bertz CT molecular complexity index is 1250. The predicted octanol–water partition coefficient (Wildman–Crippen LogP) is 3.75. The van der Waals surface area contributed by atoms with Crippen LogP contribution in [0.1, 0.15) is 5.56 Å². The molecule has 0 aliphatic carbocycles. The van der Waals surface area contributed by atoms with Crippen LogP contribution in [-0.4, -0.2) is 32.9 Å². The monoisotopic (exact) mass is 455 g/mol. The van der Waals surface area contributed by atoms with Gasteiger partial charge in [-0.15, -0.1) is 0 Å². The molecule has 1 amide bonds. The van der Waals surface area contributed by atoms with Gasteiger partial charge in [0, 0.05) is 17.8 Å². The highest BCUT2D eigenvalue weighted by Crippen LogP contribution is 2.27. The van der Waals surface area contributed by atoms with E-state index in [-0.39, 0.29) is 16.3 Å². The molecule has 0 aromatic heterocycles. The molecule has 0 saturated heterocycles. The Morgan fingerprint density at radius 2 is 1.78 bits per heavy atom. The van der Waals surface area contributed by atoms with Crippen molar-refractivity contribution in [3.05, 3.63) is 88.5 Å². The van der Waals surface area contributed by atoms with Gasteiger partial charge < -0.3 is 10.1 Å². The summed E-state index contributed by atoms with van der Waals surface area (Å²) in [6.45, 7) is 1.19. The number of hydrogen-bond acceptors (Lipinski definition) is 6. The fourth-order valence-electron chi connectivity index (χ4n) is 3.08. The number of carbonyl (C=O) groups is 1. The van der Waals surface area contributed by atoms with Crippen molar-refractivity contribution in [1.29, 1.82) is 0 Å². The third kappa shape index (κ3) is 5.03. The van der Waals surface area contributed by atoms with Crippen molar-refractivity contribution in [1.82, 2.24) is 0 Å². The molecule has 1 N–H and O–H groups in total. The van der Waals surface area contributed by atoms with Gasteiger partial charge in [0.05, 0.1) is 22.6 Å². The molecular weight excluding hydrogens is 434 g/mol. The molecule has 0 aliphatic heterocycles. The number of ether oxygens (including phenoxy) is 1. The van der Waals surface area contributed by atoms with E-state index in [1.54, 1.807) is 43.3 Å². The fraction of sp³-hybridized carbons (Fsp3) is 0.136. The summed E-state index contributed by atoms with van der Waals surface area (Å²) in [5, 5.41) is 13.5. The zero-order valence-corrected chi connectivity index (χ0v) is 18.2. The standard InChI is InChI=1S/C22H21N3O6S/c1-16-13-20(11-12-21(16)31-2)32(29,30)24(18-8-4-3-5-9-18)15-22(26)23-17-7-6-10-19(14-17)25(27)28/h3-14H,15H2,1-2H3,(H,23,26). The van der Waals surface area contributed by atoms with Crippen molar-refractivity contribution in [2.75, 3.05) is 23.3 Å². The minimum atomic E-state index is -4.10. The first-order valence-corrected chi connectivity index (χ1v) is 10.9. The second-order valence-electron chi connectivity index (χ2n) is 6.83. The number of methoxy groups -OCH3 is 1. The van der Waals surface area contributed by atoms with Gasteiger partial charge >= 0.3 is 0 Å². The highest BCUT2D eigenvalue weighted by molar-refractivity contribution is 7.92. The van der Waals surface area contributed by atoms with Crippen LogP contribution in [0, 0.1) is 17.0 Å². The zero-order chi connectivity index (χ0) is 23.3. The number of nitrogens with one attached hydrogen (secondary N) is 1. The Morgan fingerprint density at radius 1 is 1.06 bits per heavy atom. The molecular formula is C22H21N3O6S. The number of benzene rings is 3. The number of carbonyl (C=O) groups excluding carboxylic acids is 1. The maximum Gasteiger partial charge on any atom is 0.271 e. The average Bonchev–Trinajstić information content (AvgIpc) is 2.78. The number of non-ortho nitro benzene ring substituents is 1. The van der Waals surface area contributed by atoms with Gasteiger partial charge in [-0.3, -0.25) is 19.2 Å². The number of amides is 1. The molecule has 9 nitrogen and oxygen atoms in total. The van der Waals surface area contributed by atoms with Crippen LogP contribution in [0.25, 0.3) is 0 Å². The zero-order valence-electron chi connectivity index (χ0n) is 17.4. The molecule has 0 fully saturated rings. The molecule has 3 aromatic rings. The molecule has 0 radical (unpaired) electrons. The summed E-state index contributed by atoms with van der Waals surface area (Å²) in [6.07, 6.45) is 0. The van der Waals surface area contributed by atoms with Crippen molar-refractivity contribution in [3.8, 4) is 5.75 Å². The molecule has 32 heavy (non-hydrogen) atoms. The predicted molar refractivity (Wildman–Crippen MR) is 120 cm³/mol. The Kier molecular flexibility index (Phi) is 6.74. The van der Waals surface area contributed by atoms with Gasteiger partial charge in [0.25, 0.3) is 15.7 Å². The van der Waals surface area contributed by atoms with Gasteiger partial charge in [0.2, 0.25) is 5.91 Å². The Morgan fingerprint density at radius 3 is 2.41 bits per heavy atom. The molecule has 0 bridgehead atoms. The van der Waals surface area contributed by atoms with E-state index in [2.05, 4.69) is 5.32 Å². The lowest BCUT2D eigenvalue weighted by Gasteiger charge is -2.24. The summed E-state index contributed by atoms with van der Waals surface area (Å²) in [7, 11) is -2.61. The summed E-state index contributed by atoms with van der Waals surface area (Å²) in [5.41, 5.74) is 0.928. The number of nitro groups is 1. The summed E-state index contributed by atoms with van der Waals surface area (Å²) in [5.74, 6) is -0.109. The third-order valence-corrected chi connectivity index (χ3v) is 6.40. The van der Waals surface area contributed by atoms with Crippen molar-refractivity contribution in [2.45, 2.75) is 11.8 Å². The minimum Gasteiger partial charge on any atom is -0.496 e. The van der Waals surface area contributed by atoms with Crippen molar-refractivity contribution in [2.24, 2.45) is 0 Å². The summed E-state index contributed by atoms with van der Waals surface area (Å²) >= 11 is 0. The lowest BCUT2D eigenvalue weighted by molar-refractivity contribution is -0.384. The first-order valence-electron chi connectivity index (χ1n) is 9.49. The van der Waals surface area contributed by atoms with E-state index in [1.807, 2.05) is 0 Å². The van der Waals surface area contributed by atoms with Gasteiger partial charge in [0.1, 0.15) is 12.3 Å². The van der Waals surface area contributed by atoms with Gasteiger partial charge in [-0.2, -0.15) is 0 Å². The van der Waals surface area contributed by atoms with E-state index in [0.717, 1.165) is 4.31 Å². The van der Waals surface area contributed by atoms with Crippen LogP contribution in [0.4, 0.5) is 17.1 Å². The second kappa shape index (κ2) is 9.48. The van der Waals surface area contributed by atoms with Crippen LogP contribution in [0.5, 0.6) is 5.75 Å². The van der Waals surface area contributed by atoms with Crippen LogP contribution >= 0.6 is 0 Å². The van der Waals surface area contributed by atoms with E-state index >= 15 is 0 Å². The van der Waals surface area contributed by atoms with E-state index in [4.69, 9.17) is 4.74 Å². The van der Waals surface area contributed by atoms with Crippen molar-refractivity contribution in [3.63, 3.8) is 0 Å². The number of aryl methyl sites for hydroxylation is 1. The van der Waals surface area contributed by atoms with Gasteiger partial charge in [-0.05, 0) is 48.9 Å². The normalized spacial score (nSPS) is 10.9. The molecule has 0 aliphatic rings. The molecule has 0 saturated carbocycles. The van der Waals surface area contributed by atoms with Crippen LogP contribution in [0.3, 0.4) is 0 Å². The number of nitrogens with zero attached hydrogens (tertiary/aromatic N) is 2. The molecule has 166 valence electrons. The minimum absolute atomic E-state index is 0.00259. The highest BCUT2D eigenvalue weighted by atomic mass is 32.2. The molecule has 0 spiro atoms. The lowest BCUT2D eigenvalue weighted by Crippen LogP contribution is -2.38. The van der Waals surface area contributed by atoms with E-state index in [9.17, 15) is 23.3 Å². The molecule has 3 rings (SSSR count). The van der Waals surface area contributed by atoms with Crippen molar-refractivity contribution < 1.29 is 22.9 Å². The largest absolute Gasteiger partial charge is 0.496 e. The summed E-state index contributed by atoms with van der Waals surface area (Å²) in [6, 6.07) is 18.1. The summed E-state index contributed by atoms with van der Waals surface area (Å²) in [4.78, 5) is 23.1. The molecule has 0 unspecified atom stereocenters. The molecule has 3 aromatic carbocycles. The third-order valence-electron chi connectivity index (χ3n) is 4.63. The number of hydrogen-bond donors (Lipinski definition) is 1. The van der Waals surface area contributed by atoms with E-state index in [0.29, 0.717) is 17.0 Å². The number of para-hydroxylation sites is 1.